The van der Waals surface area contributed by atoms with Gasteiger partial charge < -0.3 is 0 Å². The highest BCUT2D eigenvalue weighted by molar-refractivity contribution is 4.83. The van der Waals surface area contributed by atoms with Crippen molar-refractivity contribution in [2.75, 3.05) is 0 Å². The molecule has 0 saturated heterocycles. The zero-order valence-corrected chi connectivity index (χ0v) is 12.5. The summed E-state index contributed by atoms with van der Waals surface area (Å²) in [6, 6.07) is 0. The van der Waals surface area contributed by atoms with E-state index in [1.54, 1.807) is 0 Å². The highest BCUT2D eigenvalue weighted by atomic mass is 14.0. The largest absolute Gasteiger partial charge is 0.0885 e. The van der Waals surface area contributed by atoms with E-state index in [1.165, 1.54) is 70.6 Å². The molecule has 0 aromatic rings. The Balaban J connectivity index is 3.19. The molecule has 1 atom stereocenters. The lowest BCUT2D eigenvalue weighted by molar-refractivity contribution is 0.511. The first-order valence-corrected chi connectivity index (χ1v) is 7.96. The number of rotatable bonds is 12. The van der Waals surface area contributed by atoms with Crippen LogP contribution < -0.4 is 0 Å². The van der Waals surface area contributed by atoms with Crippen LogP contribution in [0.25, 0.3) is 0 Å². The predicted octanol–water partition coefficient (Wildman–Crippen LogP) is 6.51. The van der Waals surface area contributed by atoms with Gasteiger partial charge in [-0.15, -0.1) is 0 Å². The van der Waals surface area contributed by atoms with Crippen LogP contribution in [0.4, 0.5) is 0 Å². The van der Waals surface area contributed by atoms with E-state index in [9.17, 15) is 0 Å². The molecule has 0 N–H and O–H groups in total. The Morgan fingerprint density at radius 3 is 2.12 bits per heavy atom. The van der Waals surface area contributed by atoms with Gasteiger partial charge in [0.1, 0.15) is 0 Å². The number of hydrogen-bond acceptors (Lipinski definition) is 0. The van der Waals surface area contributed by atoms with E-state index in [1.807, 2.05) is 0 Å². The molecule has 0 heteroatoms. The fourth-order valence-electron chi connectivity index (χ4n) is 2.16. The average Bonchev–Trinajstić information content (AvgIpc) is 2.34. The second kappa shape index (κ2) is 13.8. The first-order valence-electron chi connectivity index (χ1n) is 7.96. The Kier molecular flexibility index (Phi) is 13.6. The van der Waals surface area contributed by atoms with E-state index in [0.717, 1.165) is 5.92 Å². The third-order valence-corrected chi connectivity index (χ3v) is 3.48. The van der Waals surface area contributed by atoms with Crippen LogP contribution in [0.1, 0.15) is 91.4 Å². The van der Waals surface area contributed by atoms with Gasteiger partial charge in [-0.2, -0.15) is 0 Å². The van der Waals surface area contributed by atoms with Crippen LogP contribution in [0.2, 0.25) is 0 Å². The first kappa shape index (κ1) is 16.7. The lowest BCUT2D eigenvalue weighted by atomic mass is 10.0. The molecule has 0 amide bonds. The van der Waals surface area contributed by atoms with E-state index < -0.39 is 0 Å². The molecule has 0 bridgehead atoms. The lowest BCUT2D eigenvalue weighted by Gasteiger charge is -2.06. The molecule has 17 heavy (non-hydrogen) atoms. The van der Waals surface area contributed by atoms with E-state index >= 15 is 0 Å². The van der Waals surface area contributed by atoms with E-state index in [2.05, 4.69) is 32.9 Å². The summed E-state index contributed by atoms with van der Waals surface area (Å²) in [5, 5.41) is 0. The summed E-state index contributed by atoms with van der Waals surface area (Å²) in [6.45, 7) is 6.94. The van der Waals surface area contributed by atoms with Gasteiger partial charge in [-0.25, -0.2) is 0 Å². The fourth-order valence-corrected chi connectivity index (χ4v) is 2.16. The Morgan fingerprint density at radius 2 is 1.41 bits per heavy atom. The van der Waals surface area contributed by atoms with E-state index in [-0.39, 0.29) is 0 Å². The van der Waals surface area contributed by atoms with Crippen LogP contribution in [0.5, 0.6) is 0 Å². The maximum absolute atomic E-state index is 2.41. The fraction of sp³-hybridized carbons (Fsp3) is 0.882. The van der Waals surface area contributed by atoms with E-state index in [4.69, 9.17) is 0 Å². The standard InChI is InChI=1S/C17H34/c1-4-6-8-9-10-11-12-13-14-16-17(3)15-7-5-2/h13-14,17H,4-12,15-16H2,1-3H3. The Bertz CT molecular complexity index is 157. The van der Waals surface area contributed by atoms with Gasteiger partial charge in [0.05, 0.1) is 0 Å². The van der Waals surface area contributed by atoms with Crippen molar-refractivity contribution >= 4 is 0 Å². The van der Waals surface area contributed by atoms with E-state index in [0.29, 0.717) is 0 Å². The van der Waals surface area contributed by atoms with Gasteiger partial charge in [0.15, 0.2) is 0 Å². The highest BCUT2D eigenvalue weighted by Gasteiger charge is 1.97. The van der Waals surface area contributed by atoms with Crippen LogP contribution >= 0.6 is 0 Å². The second-order valence-electron chi connectivity index (χ2n) is 5.51. The van der Waals surface area contributed by atoms with Crippen molar-refractivity contribution in [1.82, 2.24) is 0 Å². The molecule has 0 aliphatic rings. The van der Waals surface area contributed by atoms with Gasteiger partial charge >= 0.3 is 0 Å². The van der Waals surface area contributed by atoms with Crippen LogP contribution in [0, 0.1) is 5.92 Å². The normalized spacial score (nSPS) is 13.4. The van der Waals surface area contributed by atoms with Crippen molar-refractivity contribution in [1.29, 1.82) is 0 Å². The highest BCUT2D eigenvalue weighted by Crippen LogP contribution is 2.13. The molecule has 0 aromatic carbocycles. The SMILES string of the molecule is CCCCCCCCC=CCC(C)CCCC. The van der Waals surface area contributed by atoms with Crippen molar-refractivity contribution in [3.05, 3.63) is 12.2 Å². The molecule has 1 unspecified atom stereocenters. The van der Waals surface area contributed by atoms with Gasteiger partial charge in [0.2, 0.25) is 0 Å². The van der Waals surface area contributed by atoms with Crippen molar-refractivity contribution in [3.63, 3.8) is 0 Å². The molecule has 0 saturated carbocycles. The first-order chi connectivity index (χ1) is 8.31. The quantitative estimate of drug-likeness (QED) is 0.268. The van der Waals surface area contributed by atoms with Gasteiger partial charge in [-0.05, 0) is 25.2 Å². The monoisotopic (exact) mass is 238 g/mol. The van der Waals surface area contributed by atoms with Crippen LogP contribution in [-0.2, 0) is 0 Å². The molecule has 0 nitrogen and oxygen atoms in total. The number of unbranched alkanes of at least 4 members (excludes halogenated alkanes) is 7. The molecule has 0 fully saturated rings. The third-order valence-electron chi connectivity index (χ3n) is 3.48. The Hall–Kier alpha value is -0.260. The topological polar surface area (TPSA) is 0 Å². The van der Waals surface area contributed by atoms with Crippen molar-refractivity contribution in [3.8, 4) is 0 Å². The molecule has 0 aromatic heterocycles. The van der Waals surface area contributed by atoms with Crippen LogP contribution in [0.3, 0.4) is 0 Å². The summed E-state index contributed by atoms with van der Waals surface area (Å²) in [4.78, 5) is 0. The summed E-state index contributed by atoms with van der Waals surface area (Å²) < 4.78 is 0. The van der Waals surface area contributed by atoms with Crippen molar-refractivity contribution < 1.29 is 0 Å². The predicted molar refractivity (Wildman–Crippen MR) is 80.4 cm³/mol. The minimum absolute atomic E-state index is 0.885. The molecule has 102 valence electrons. The molecule has 0 radical (unpaired) electrons. The Labute approximate surface area is 110 Å². The molecule has 0 spiro atoms. The summed E-state index contributed by atoms with van der Waals surface area (Å²) in [6.07, 6.45) is 20.0. The van der Waals surface area contributed by atoms with Crippen LogP contribution in [-0.4, -0.2) is 0 Å². The molecule has 0 aliphatic heterocycles. The molecule has 0 aliphatic carbocycles. The van der Waals surface area contributed by atoms with Crippen molar-refractivity contribution in [2.45, 2.75) is 91.4 Å². The molecular formula is C17H34. The average molecular weight is 238 g/mol. The summed E-state index contributed by atoms with van der Waals surface area (Å²) in [7, 11) is 0. The van der Waals surface area contributed by atoms with Crippen molar-refractivity contribution in [2.24, 2.45) is 5.92 Å². The number of hydrogen-bond donors (Lipinski definition) is 0. The third kappa shape index (κ3) is 13.7. The molecule has 0 heterocycles. The zero-order chi connectivity index (χ0) is 12.8. The Morgan fingerprint density at radius 1 is 0.765 bits per heavy atom. The molecular weight excluding hydrogens is 204 g/mol. The maximum Gasteiger partial charge on any atom is -0.0325 e. The lowest BCUT2D eigenvalue weighted by Crippen LogP contribution is -1.91. The minimum atomic E-state index is 0.885. The van der Waals surface area contributed by atoms with Gasteiger partial charge in [-0.1, -0.05) is 84.3 Å². The van der Waals surface area contributed by atoms with Gasteiger partial charge in [0, 0.05) is 0 Å². The van der Waals surface area contributed by atoms with Crippen LogP contribution in [0.15, 0.2) is 12.2 Å². The number of allylic oxidation sites excluding steroid dienone is 2. The van der Waals surface area contributed by atoms with Gasteiger partial charge in [-0.3, -0.25) is 0 Å². The second-order valence-corrected chi connectivity index (χ2v) is 5.51. The van der Waals surface area contributed by atoms with Gasteiger partial charge in [0.25, 0.3) is 0 Å². The summed E-state index contributed by atoms with van der Waals surface area (Å²) in [5.74, 6) is 0.885. The minimum Gasteiger partial charge on any atom is -0.0885 e. The maximum atomic E-state index is 2.41. The zero-order valence-electron chi connectivity index (χ0n) is 12.5. The summed E-state index contributed by atoms with van der Waals surface area (Å²) in [5.41, 5.74) is 0. The smallest absolute Gasteiger partial charge is 0.0325 e. The molecule has 0 rings (SSSR count). The summed E-state index contributed by atoms with van der Waals surface area (Å²) >= 11 is 0.